The number of piperazine rings is 1. The predicted octanol–water partition coefficient (Wildman–Crippen LogP) is 1.90. The Hall–Kier alpha value is -3.99. The Balaban J connectivity index is 0.000000678. The van der Waals surface area contributed by atoms with Crippen LogP contribution in [0, 0.1) is 6.92 Å². The normalized spacial score (nSPS) is 13.2. The van der Waals surface area contributed by atoms with Gasteiger partial charge in [0, 0.05) is 38.3 Å². The maximum Gasteiger partial charge on any atom is 0.414 e. The summed E-state index contributed by atoms with van der Waals surface area (Å²) in [6, 6.07) is 11.6. The van der Waals surface area contributed by atoms with E-state index < -0.39 is 11.9 Å². The average molecular weight is 505 g/mol. The summed E-state index contributed by atoms with van der Waals surface area (Å²) in [4.78, 5) is 34.8. The van der Waals surface area contributed by atoms with Crippen molar-refractivity contribution in [1.29, 1.82) is 0 Å². The van der Waals surface area contributed by atoms with Gasteiger partial charge >= 0.3 is 11.9 Å². The SMILES string of the molecule is COc1ccc(CN2CCN(C(=O)COc3ccc(C)cc3)CC2)c(OC)c1OC.O=C(O)C(=O)O. The minimum atomic E-state index is -1.82. The maximum absolute atomic E-state index is 12.5. The lowest BCUT2D eigenvalue weighted by Gasteiger charge is -2.35. The van der Waals surface area contributed by atoms with Gasteiger partial charge in [-0.1, -0.05) is 23.8 Å². The van der Waals surface area contributed by atoms with Crippen molar-refractivity contribution in [1.82, 2.24) is 9.80 Å². The van der Waals surface area contributed by atoms with E-state index in [1.807, 2.05) is 48.2 Å². The molecule has 0 atom stereocenters. The molecule has 2 aromatic carbocycles. The molecule has 0 unspecified atom stereocenters. The molecule has 0 spiro atoms. The van der Waals surface area contributed by atoms with E-state index in [0.29, 0.717) is 42.6 Å². The molecule has 3 rings (SSSR count). The fourth-order valence-electron chi connectivity index (χ4n) is 3.55. The molecule has 0 saturated carbocycles. The average Bonchev–Trinajstić information content (AvgIpc) is 2.88. The zero-order valence-corrected chi connectivity index (χ0v) is 20.9. The Morgan fingerprint density at radius 2 is 1.39 bits per heavy atom. The zero-order chi connectivity index (χ0) is 26.7. The molecule has 2 aromatic rings. The Morgan fingerprint density at radius 1 is 0.806 bits per heavy atom. The number of nitrogens with zero attached hydrogens (tertiary/aromatic N) is 2. The van der Waals surface area contributed by atoms with Gasteiger partial charge in [0.1, 0.15) is 5.75 Å². The third kappa shape index (κ3) is 8.05. The van der Waals surface area contributed by atoms with Crippen LogP contribution < -0.4 is 18.9 Å². The highest BCUT2D eigenvalue weighted by Crippen LogP contribution is 2.40. The van der Waals surface area contributed by atoms with Crippen molar-refractivity contribution in [2.75, 3.05) is 54.1 Å². The first-order valence-corrected chi connectivity index (χ1v) is 11.1. The second kappa shape index (κ2) is 13.8. The van der Waals surface area contributed by atoms with E-state index in [0.717, 1.165) is 24.2 Å². The Labute approximate surface area is 209 Å². The quantitative estimate of drug-likeness (QED) is 0.513. The van der Waals surface area contributed by atoms with E-state index in [1.54, 1.807) is 21.3 Å². The van der Waals surface area contributed by atoms with E-state index in [2.05, 4.69) is 4.90 Å². The first kappa shape index (κ1) is 28.2. The smallest absolute Gasteiger partial charge is 0.414 e. The molecule has 11 nitrogen and oxygen atoms in total. The molecular formula is C25H32N2O9. The van der Waals surface area contributed by atoms with Crippen LogP contribution in [0.15, 0.2) is 36.4 Å². The Morgan fingerprint density at radius 3 is 1.89 bits per heavy atom. The standard InChI is InChI=1S/C23H30N2O5.C2H2O4/c1-17-5-8-19(9-6-17)30-16-21(26)25-13-11-24(12-14-25)15-18-7-10-20(27-2)23(29-4)22(18)28-3;3-1(4)2(5)6/h5-10H,11-16H2,1-4H3;(H,3,4)(H,5,6). The minimum Gasteiger partial charge on any atom is -0.493 e. The van der Waals surface area contributed by atoms with Crippen LogP contribution >= 0.6 is 0 Å². The molecule has 1 fully saturated rings. The van der Waals surface area contributed by atoms with Crippen molar-refractivity contribution in [3.8, 4) is 23.0 Å². The molecule has 1 aliphatic rings. The Kier molecular flexibility index (Phi) is 10.8. The van der Waals surface area contributed by atoms with Crippen molar-refractivity contribution in [2.45, 2.75) is 13.5 Å². The second-order valence-corrected chi connectivity index (χ2v) is 7.86. The summed E-state index contributed by atoms with van der Waals surface area (Å²) in [6.07, 6.45) is 0. The molecule has 1 heterocycles. The topological polar surface area (TPSA) is 135 Å². The summed E-state index contributed by atoms with van der Waals surface area (Å²) < 4.78 is 22.0. The maximum atomic E-state index is 12.5. The van der Waals surface area contributed by atoms with Crippen LogP contribution in [0.1, 0.15) is 11.1 Å². The number of methoxy groups -OCH3 is 3. The number of aliphatic carboxylic acids is 2. The van der Waals surface area contributed by atoms with E-state index in [-0.39, 0.29) is 12.5 Å². The molecule has 196 valence electrons. The van der Waals surface area contributed by atoms with Gasteiger partial charge in [-0.2, -0.15) is 0 Å². The van der Waals surface area contributed by atoms with Crippen LogP contribution in [0.4, 0.5) is 0 Å². The summed E-state index contributed by atoms with van der Waals surface area (Å²) in [5, 5.41) is 14.8. The summed E-state index contributed by atoms with van der Waals surface area (Å²) in [6.45, 7) is 5.71. The van der Waals surface area contributed by atoms with Crippen molar-refractivity contribution >= 4 is 17.8 Å². The predicted molar refractivity (Wildman–Crippen MR) is 130 cm³/mol. The van der Waals surface area contributed by atoms with Gasteiger partial charge < -0.3 is 34.1 Å². The number of hydrogen-bond acceptors (Lipinski definition) is 8. The number of rotatable bonds is 8. The number of carboxylic acid groups (broad SMARTS) is 2. The molecule has 11 heteroatoms. The molecule has 1 saturated heterocycles. The molecular weight excluding hydrogens is 472 g/mol. The third-order valence-electron chi connectivity index (χ3n) is 5.47. The number of hydrogen-bond donors (Lipinski definition) is 2. The number of carbonyl (C=O) groups is 3. The van der Waals surface area contributed by atoms with Gasteiger partial charge in [0.05, 0.1) is 21.3 Å². The van der Waals surface area contributed by atoms with Gasteiger partial charge in [0.25, 0.3) is 5.91 Å². The fraction of sp³-hybridized carbons (Fsp3) is 0.400. The largest absolute Gasteiger partial charge is 0.493 e. The van der Waals surface area contributed by atoms with E-state index in [9.17, 15) is 4.79 Å². The molecule has 0 radical (unpaired) electrons. The van der Waals surface area contributed by atoms with Crippen molar-refractivity contribution in [2.24, 2.45) is 0 Å². The monoisotopic (exact) mass is 504 g/mol. The second-order valence-electron chi connectivity index (χ2n) is 7.86. The number of carboxylic acids is 2. The number of amides is 1. The van der Waals surface area contributed by atoms with Gasteiger partial charge in [-0.05, 0) is 25.1 Å². The van der Waals surface area contributed by atoms with Crippen LogP contribution in [0.3, 0.4) is 0 Å². The molecule has 36 heavy (non-hydrogen) atoms. The first-order valence-electron chi connectivity index (χ1n) is 11.1. The molecule has 0 aromatic heterocycles. The van der Waals surface area contributed by atoms with Crippen molar-refractivity contribution in [3.63, 3.8) is 0 Å². The van der Waals surface area contributed by atoms with Crippen LogP contribution in [0.2, 0.25) is 0 Å². The highest BCUT2D eigenvalue weighted by atomic mass is 16.5. The number of benzene rings is 2. The Bertz CT molecular complexity index is 1020. The lowest BCUT2D eigenvalue weighted by Crippen LogP contribution is -2.49. The number of ether oxygens (including phenoxy) is 4. The van der Waals surface area contributed by atoms with Gasteiger partial charge in [-0.25, -0.2) is 9.59 Å². The fourth-order valence-corrected chi connectivity index (χ4v) is 3.55. The van der Waals surface area contributed by atoms with Crippen LogP contribution in [-0.4, -0.2) is 92.0 Å². The van der Waals surface area contributed by atoms with Gasteiger partial charge in [0.15, 0.2) is 18.1 Å². The van der Waals surface area contributed by atoms with E-state index >= 15 is 0 Å². The van der Waals surface area contributed by atoms with Gasteiger partial charge in [-0.15, -0.1) is 0 Å². The highest BCUT2D eigenvalue weighted by Gasteiger charge is 2.23. The van der Waals surface area contributed by atoms with Crippen LogP contribution in [0.25, 0.3) is 0 Å². The zero-order valence-electron chi connectivity index (χ0n) is 20.9. The van der Waals surface area contributed by atoms with Crippen molar-refractivity contribution < 1.29 is 43.5 Å². The minimum absolute atomic E-state index is 0.0129. The number of aryl methyl sites for hydroxylation is 1. The third-order valence-corrected chi connectivity index (χ3v) is 5.47. The highest BCUT2D eigenvalue weighted by molar-refractivity contribution is 6.27. The lowest BCUT2D eigenvalue weighted by molar-refractivity contribution is -0.159. The molecule has 1 aliphatic heterocycles. The number of carbonyl (C=O) groups excluding carboxylic acids is 1. The summed E-state index contributed by atoms with van der Waals surface area (Å²) >= 11 is 0. The summed E-state index contributed by atoms with van der Waals surface area (Å²) in [7, 11) is 4.84. The van der Waals surface area contributed by atoms with Crippen LogP contribution in [-0.2, 0) is 20.9 Å². The summed E-state index contributed by atoms with van der Waals surface area (Å²) in [5.41, 5.74) is 2.19. The molecule has 0 aliphatic carbocycles. The van der Waals surface area contributed by atoms with Gasteiger partial charge in [-0.3, -0.25) is 9.69 Å². The molecule has 2 N–H and O–H groups in total. The summed E-state index contributed by atoms with van der Waals surface area (Å²) in [5.74, 6) is -0.999. The molecule has 0 bridgehead atoms. The van der Waals surface area contributed by atoms with E-state index in [4.69, 9.17) is 38.7 Å². The van der Waals surface area contributed by atoms with Gasteiger partial charge in [0.2, 0.25) is 5.75 Å². The lowest BCUT2D eigenvalue weighted by atomic mass is 10.1. The van der Waals surface area contributed by atoms with Crippen LogP contribution in [0.5, 0.6) is 23.0 Å². The molecule has 1 amide bonds. The first-order chi connectivity index (χ1) is 17.2. The van der Waals surface area contributed by atoms with Crippen molar-refractivity contribution in [3.05, 3.63) is 47.5 Å². The van der Waals surface area contributed by atoms with E-state index in [1.165, 1.54) is 0 Å².